The van der Waals surface area contributed by atoms with E-state index in [-0.39, 0.29) is 4.21 Å². The van der Waals surface area contributed by atoms with Gasteiger partial charge in [-0.1, -0.05) is 23.7 Å². The van der Waals surface area contributed by atoms with Gasteiger partial charge in [-0.25, -0.2) is 4.79 Å². The first-order valence-corrected chi connectivity index (χ1v) is 9.82. The molecule has 128 valence electrons. The monoisotopic (exact) mass is 385 g/mol. The van der Waals surface area contributed by atoms with Gasteiger partial charge >= 0.3 is 5.69 Å². The highest BCUT2D eigenvalue weighted by molar-refractivity contribution is 7.92. The predicted octanol–water partition coefficient (Wildman–Crippen LogP) is 2.32. The van der Waals surface area contributed by atoms with Gasteiger partial charge in [-0.3, -0.25) is 4.57 Å². The number of para-hydroxylation sites is 2. The quantitative estimate of drug-likeness (QED) is 0.676. The van der Waals surface area contributed by atoms with Crippen LogP contribution in [0.1, 0.15) is 0 Å². The van der Waals surface area contributed by atoms with Crippen molar-refractivity contribution in [3.05, 3.63) is 51.2 Å². The molecule has 0 atom stereocenters. The lowest BCUT2D eigenvalue weighted by molar-refractivity contribution is 0.383. The van der Waals surface area contributed by atoms with Crippen LogP contribution in [-0.4, -0.2) is 42.5 Å². The van der Waals surface area contributed by atoms with Crippen molar-refractivity contribution >= 4 is 44.0 Å². The molecule has 6 nitrogen and oxygen atoms in total. The van der Waals surface area contributed by atoms with Crippen molar-refractivity contribution in [2.45, 2.75) is 10.8 Å². The van der Waals surface area contributed by atoms with Gasteiger partial charge in [0.25, 0.3) is 10.0 Å². The van der Waals surface area contributed by atoms with Crippen LogP contribution >= 0.6 is 22.9 Å². The molecular formula is C15H16ClN3O3S2. The normalized spacial score (nSPS) is 12.3. The Kier molecular flexibility index (Phi) is 4.56. The lowest BCUT2D eigenvalue weighted by Gasteiger charge is -2.09. The summed E-state index contributed by atoms with van der Waals surface area (Å²) >= 11 is 6.79. The van der Waals surface area contributed by atoms with Gasteiger partial charge in [0.1, 0.15) is 4.21 Å². The number of nitrogens with zero attached hydrogens (tertiary/aromatic N) is 3. The number of imidazole rings is 1. The van der Waals surface area contributed by atoms with E-state index in [4.69, 9.17) is 11.6 Å². The molecule has 9 heteroatoms. The maximum Gasteiger partial charge on any atom is 0.343 e. The third-order valence-corrected chi connectivity index (χ3v) is 7.00. The smallest absolute Gasteiger partial charge is 0.308 e. The fourth-order valence-corrected chi connectivity index (χ4v) is 5.42. The summed E-state index contributed by atoms with van der Waals surface area (Å²) in [5, 5.41) is 0. The molecule has 0 saturated heterocycles. The number of likely N-dealkylation sites (N-methyl/N-ethyl adjacent to an activating group) is 1. The second kappa shape index (κ2) is 6.36. The maximum atomic E-state index is 12.9. The SMILES string of the molecule is CN(C)CCn1c(=O)n(S(=O)(=O)c2ccc(Cl)s2)c2ccccc21. The standard InChI is InChI=1S/C15H16ClN3O3S2/c1-17(2)9-10-18-11-5-3-4-6-12(11)19(15(18)20)24(21,22)14-8-7-13(16)23-14/h3-8H,9-10H2,1-2H3. The van der Waals surface area contributed by atoms with Crippen LogP contribution < -0.4 is 5.69 Å². The molecule has 3 rings (SSSR count). The van der Waals surface area contributed by atoms with Crippen molar-refractivity contribution in [1.29, 1.82) is 0 Å². The summed E-state index contributed by atoms with van der Waals surface area (Å²) in [4.78, 5) is 14.8. The molecule has 0 aliphatic rings. The Hall–Kier alpha value is -1.61. The van der Waals surface area contributed by atoms with Crippen molar-refractivity contribution < 1.29 is 8.42 Å². The van der Waals surface area contributed by atoms with Gasteiger partial charge in [-0.2, -0.15) is 12.4 Å². The van der Waals surface area contributed by atoms with E-state index >= 15 is 0 Å². The Labute approximate surface area is 148 Å². The number of hydrogen-bond acceptors (Lipinski definition) is 5. The van der Waals surface area contributed by atoms with Gasteiger partial charge in [0.2, 0.25) is 0 Å². The van der Waals surface area contributed by atoms with E-state index in [9.17, 15) is 13.2 Å². The summed E-state index contributed by atoms with van der Waals surface area (Å²) in [6.45, 7) is 1.03. The molecule has 24 heavy (non-hydrogen) atoms. The number of benzene rings is 1. The summed E-state index contributed by atoms with van der Waals surface area (Å²) in [5.74, 6) is 0. The van der Waals surface area contributed by atoms with E-state index in [1.165, 1.54) is 16.7 Å². The summed E-state index contributed by atoms with van der Waals surface area (Å²) in [5.41, 5.74) is 0.393. The summed E-state index contributed by atoms with van der Waals surface area (Å²) < 4.78 is 28.6. The van der Waals surface area contributed by atoms with Crippen molar-refractivity contribution in [1.82, 2.24) is 13.4 Å². The predicted molar refractivity (Wildman–Crippen MR) is 96.7 cm³/mol. The molecule has 0 N–H and O–H groups in total. The fraction of sp³-hybridized carbons (Fsp3) is 0.267. The van der Waals surface area contributed by atoms with Gasteiger partial charge in [-0.15, -0.1) is 11.3 Å². The number of fused-ring (bicyclic) bond motifs is 1. The zero-order valence-corrected chi connectivity index (χ0v) is 15.5. The summed E-state index contributed by atoms with van der Waals surface area (Å²) in [6.07, 6.45) is 0. The summed E-state index contributed by atoms with van der Waals surface area (Å²) in [6, 6.07) is 9.81. The average molecular weight is 386 g/mol. The van der Waals surface area contributed by atoms with E-state index in [2.05, 4.69) is 0 Å². The second-order valence-corrected chi connectivity index (χ2v) is 9.28. The molecule has 2 aromatic heterocycles. The molecule has 1 aromatic carbocycles. The number of hydrogen-bond donors (Lipinski definition) is 0. The minimum atomic E-state index is -3.99. The minimum Gasteiger partial charge on any atom is -0.308 e. The van der Waals surface area contributed by atoms with Crippen LogP contribution in [0.4, 0.5) is 0 Å². The molecule has 0 aliphatic heterocycles. The highest BCUT2D eigenvalue weighted by Crippen LogP contribution is 2.28. The van der Waals surface area contributed by atoms with Crippen molar-refractivity contribution in [3.63, 3.8) is 0 Å². The van der Waals surface area contributed by atoms with Gasteiger partial charge < -0.3 is 4.90 Å². The van der Waals surface area contributed by atoms with E-state index in [1.807, 2.05) is 19.0 Å². The molecule has 0 aliphatic carbocycles. The highest BCUT2D eigenvalue weighted by atomic mass is 35.5. The van der Waals surface area contributed by atoms with Crippen molar-refractivity contribution in [3.8, 4) is 0 Å². The Morgan fingerprint density at radius 2 is 1.79 bits per heavy atom. The van der Waals surface area contributed by atoms with Crippen LogP contribution in [0.5, 0.6) is 0 Å². The van der Waals surface area contributed by atoms with E-state index in [0.29, 0.717) is 28.5 Å². The Balaban J connectivity index is 2.25. The fourth-order valence-electron chi connectivity index (χ4n) is 2.45. The van der Waals surface area contributed by atoms with E-state index in [1.54, 1.807) is 24.3 Å². The second-order valence-electron chi connectivity index (χ2n) is 5.55. The van der Waals surface area contributed by atoms with Crippen LogP contribution in [0, 0.1) is 0 Å². The van der Waals surface area contributed by atoms with Gasteiger partial charge in [-0.05, 0) is 38.4 Å². The molecule has 0 spiro atoms. The number of halogens is 1. The van der Waals surface area contributed by atoms with E-state index in [0.717, 1.165) is 15.3 Å². The Bertz CT molecular complexity index is 1050. The van der Waals surface area contributed by atoms with Crippen LogP contribution in [-0.2, 0) is 16.6 Å². The Morgan fingerprint density at radius 1 is 1.12 bits per heavy atom. The first-order chi connectivity index (χ1) is 11.3. The molecular weight excluding hydrogens is 370 g/mol. The van der Waals surface area contributed by atoms with Gasteiger partial charge in [0, 0.05) is 13.1 Å². The average Bonchev–Trinajstić information content (AvgIpc) is 3.07. The third-order valence-electron chi connectivity index (χ3n) is 3.61. The Morgan fingerprint density at radius 3 is 2.38 bits per heavy atom. The molecule has 0 saturated carbocycles. The lowest BCUT2D eigenvalue weighted by Crippen LogP contribution is -2.31. The largest absolute Gasteiger partial charge is 0.343 e. The number of rotatable bonds is 5. The summed E-state index contributed by atoms with van der Waals surface area (Å²) in [7, 11) is -0.194. The van der Waals surface area contributed by atoms with Crippen LogP contribution in [0.2, 0.25) is 4.34 Å². The van der Waals surface area contributed by atoms with E-state index < -0.39 is 15.7 Å². The minimum absolute atomic E-state index is 0.0464. The van der Waals surface area contributed by atoms with Crippen LogP contribution in [0.15, 0.2) is 45.4 Å². The lowest BCUT2D eigenvalue weighted by atomic mass is 10.3. The topological polar surface area (TPSA) is 64.3 Å². The van der Waals surface area contributed by atoms with Crippen molar-refractivity contribution in [2.24, 2.45) is 0 Å². The highest BCUT2D eigenvalue weighted by Gasteiger charge is 2.26. The first-order valence-electron chi connectivity index (χ1n) is 7.18. The molecule has 3 aromatic rings. The van der Waals surface area contributed by atoms with Crippen molar-refractivity contribution in [2.75, 3.05) is 20.6 Å². The molecule has 0 amide bonds. The number of thiophene rings is 1. The molecule has 2 heterocycles. The molecule has 0 radical (unpaired) electrons. The first kappa shape index (κ1) is 17.2. The van der Waals surface area contributed by atoms with Crippen LogP contribution in [0.25, 0.3) is 11.0 Å². The zero-order valence-electron chi connectivity index (χ0n) is 13.1. The maximum absolute atomic E-state index is 12.9. The van der Waals surface area contributed by atoms with Gasteiger partial charge in [0.15, 0.2) is 0 Å². The number of aromatic nitrogens is 2. The molecule has 0 fully saturated rings. The van der Waals surface area contributed by atoms with Gasteiger partial charge in [0.05, 0.1) is 15.4 Å². The van der Waals surface area contributed by atoms with Crippen LogP contribution in [0.3, 0.4) is 0 Å². The third kappa shape index (κ3) is 2.90. The zero-order chi connectivity index (χ0) is 17.5. The molecule has 0 unspecified atom stereocenters. The molecule has 0 bridgehead atoms.